The topological polar surface area (TPSA) is 24.9 Å². The Balaban J connectivity index is 2.33. The Bertz CT molecular complexity index is 429. The summed E-state index contributed by atoms with van der Waals surface area (Å²) >= 11 is 0. The van der Waals surface area contributed by atoms with Gasteiger partial charge in [-0.05, 0) is 30.7 Å². The number of aryl methyl sites for hydroxylation is 1. The number of pyridine rings is 1. The molecule has 15 heavy (non-hydrogen) atoms. The fourth-order valence-corrected chi connectivity index (χ4v) is 1.45. The maximum atomic E-state index is 4.38. The lowest BCUT2D eigenvalue weighted by Crippen LogP contribution is -1.88. The van der Waals surface area contributed by atoms with Gasteiger partial charge in [0, 0.05) is 24.5 Å². The summed E-state index contributed by atoms with van der Waals surface area (Å²) in [5.74, 6) is 0. The number of hydrogen-bond acceptors (Lipinski definition) is 2. The van der Waals surface area contributed by atoms with Crippen molar-refractivity contribution in [3.8, 4) is 11.3 Å². The van der Waals surface area contributed by atoms with Crippen LogP contribution in [0.15, 0.2) is 42.6 Å². The summed E-state index contributed by atoms with van der Waals surface area (Å²) < 4.78 is 0. The lowest BCUT2D eigenvalue weighted by atomic mass is 10.1. The molecular weight excluding hydrogens is 184 g/mol. The highest BCUT2D eigenvalue weighted by atomic mass is 14.8. The molecule has 1 N–H and O–H groups in total. The second-order valence-corrected chi connectivity index (χ2v) is 3.55. The number of anilines is 1. The van der Waals surface area contributed by atoms with Gasteiger partial charge in [-0.25, -0.2) is 0 Å². The second kappa shape index (κ2) is 4.13. The highest BCUT2D eigenvalue weighted by Gasteiger charge is 1.97. The highest BCUT2D eigenvalue weighted by molar-refractivity contribution is 5.62. The SMILES string of the molecule is CNc1ccc(-c2ccc(C)cn2)cc1. The number of rotatable bonds is 2. The van der Waals surface area contributed by atoms with Gasteiger partial charge in [-0.2, -0.15) is 0 Å². The molecule has 0 radical (unpaired) electrons. The fourth-order valence-electron chi connectivity index (χ4n) is 1.45. The summed E-state index contributed by atoms with van der Waals surface area (Å²) in [6.07, 6.45) is 1.89. The maximum Gasteiger partial charge on any atom is 0.0702 e. The third-order valence-corrected chi connectivity index (χ3v) is 2.38. The van der Waals surface area contributed by atoms with Crippen LogP contribution >= 0.6 is 0 Å². The number of benzene rings is 1. The van der Waals surface area contributed by atoms with E-state index in [-0.39, 0.29) is 0 Å². The van der Waals surface area contributed by atoms with E-state index < -0.39 is 0 Å². The molecule has 0 bridgehead atoms. The van der Waals surface area contributed by atoms with E-state index in [2.05, 4.69) is 40.6 Å². The Labute approximate surface area is 90.0 Å². The Kier molecular flexibility index (Phi) is 2.68. The summed E-state index contributed by atoms with van der Waals surface area (Å²) in [5.41, 5.74) is 4.47. The Morgan fingerprint density at radius 1 is 1.00 bits per heavy atom. The number of nitrogens with one attached hydrogen (secondary N) is 1. The number of aromatic nitrogens is 1. The standard InChI is InChI=1S/C13H14N2/c1-10-3-8-13(15-9-10)11-4-6-12(14-2)7-5-11/h3-9,14H,1-2H3. The molecule has 1 aromatic carbocycles. The van der Waals surface area contributed by atoms with E-state index in [1.807, 2.05) is 26.2 Å². The monoisotopic (exact) mass is 198 g/mol. The molecule has 0 spiro atoms. The molecule has 2 rings (SSSR count). The molecule has 76 valence electrons. The molecule has 0 aliphatic heterocycles. The molecule has 0 aliphatic rings. The summed E-state index contributed by atoms with van der Waals surface area (Å²) in [6.45, 7) is 2.04. The first-order valence-corrected chi connectivity index (χ1v) is 5.00. The minimum atomic E-state index is 1.02. The van der Waals surface area contributed by atoms with Crippen LogP contribution in [0.1, 0.15) is 5.56 Å². The molecule has 2 nitrogen and oxygen atoms in total. The normalized spacial score (nSPS) is 10.0. The van der Waals surface area contributed by atoms with E-state index in [1.165, 1.54) is 5.56 Å². The quantitative estimate of drug-likeness (QED) is 0.802. The van der Waals surface area contributed by atoms with Crippen LogP contribution in [0.5, 0.6) is 0 Å². The second-order valence-electron chi connectivity index (χ2n) is 3.55. The summed E-state index contributed by atoms with van der Waals surface area (Å²) in [6, 6.07) is 12.4. The van der Waals surface area contributed by atoms with Crippen LogP contribution in [-0.2, 0) is 0 Å². The van der Waals surface area contributed by atoms with Crippen molar-refractivity contribution in [1.29, 1.82) is 0 Å². The molecule has 0 fully saturated rings. The van der Waals surface area contributed by atoms with Crippen molar-refractivity contribution in [2.24, 2.45) is 0 Å². The van der Waals surface area contributed by atoms with E-state index in [0.717, 1.165) is 16.9 Å². The highest BCUT2D eigenvalue weighted by Crippen LogP contribution is 2.19. The summed E-state index contributed by atoms with van der Waals surface area (Å²) in [7, 11) is 1.92. The zero-order valence-electron chi connectivity index (χ0n) is 8.99. The molecule has 1 aromatic heterocycles. The molecule has 2 aromatic rings. The number of nitrogens with zero attached hydrogens (tertiary/aromatic N) is 1. The van der Waals surface area contributed by atoms with E-state index >= 15 is 0 Å². The smallest absolute Gasteiger partial charge is 0.0702 e. The van der Waals surface area contributed by atoms with E-state index in [9.17, 15) is 0 Å². The van der Waals surface area contributed by atoms with Crippen LogP contribution in [0.2, 0.25) is 0 Å². The number of hydrogen-bond donors (Lipinski definition) is 1. The van der Waals surface area contributed by atoms with Gasteiger partial charge in [0.2, 0.25) is 0 Å². The molecule has 0 unspecified atom stereocenters. The summed E-state index contributed by atoms with van der Waals surface area (Å²) in [4.78, 5) is 4.38. The molecule has 0 aliphatic carbocycles. The minimum Gasteiger partial charge on any atom is -0.388 e. The maximum absolute atomic E-state index is 4.38. The lowest BCUT2D eigenvalue weighted by molar-refractivity contribution is 1.27. The van der Waals surface area contributed by atoms with Gasteiger partial charge in [-0.1, -0.05) is 18.2 Å². The first kappa shape index (κ1) is 9.71. The van der Waals surface area contributed by atoms with Gasteiger partial charge in [0.1, 0.15) is 0 Å². The third-order valence-electron chi connectivity index (χ3n) is 2.38. The van der Waals surface area contributed by atoms with Crippen molar-refractivity contribution < 1.29 is 0 Å². The largest absolute Gasteiger partial charge is 0.388 e. The van der Waals surface area contributed by atoms with Crippen molar-refractivity contribution in [3.63, 3.8) is 0 Å². The average molecular weight is 198 g/mol. The van der Waals surface area contributed by atoms with Crippen LogP contribution in [0.25, 0.3) is 11.3 Å². The van der Waals surface area contributed by atoms with Gasteiger partial charge in [0.05, 0.1) is 5.69 Å². The van der Waals surface area contributed by atoms with E-state index in [4.69, 9.17) is 0 Å². The summed E-state index contributed by atoms with van der Waals surface area (Å²) in [5, 5.41) is 3.09. The Morgan fingerprint density at radius 3 is 2.27 bits per heavy atom. The predicted molar refractivity (Wildman–Crippen MR) is 64.0 cm³/mol. The van der Waals surface area contributed by atoms with Gasteiger partial charge in [-0.15, -0.1) is 0 Å². The van der Waals surface area contributed by atoms with E-state index in [1.54, 1.807) is 0 Å². The first-order chi connectivity index (χ1) is 7.29. The molecule has 1 heterocycles. The first-order valence-electron chi connectivity index (χ1n) is 5.00. The average Bonchev–Trinajstić information content (AvgIpc) is 2.30. The zero-order valence-corrected chi connectivity index (χ0v) is 8.99. The van der Waals surface area contributed by atoms with Gasteiger partial charge in [0.15, 0.2) is 0 Å². The molecule has 2 heteroatoms. The van der Waals surface area contributed by atoms with Gasteiger partial charge in [-0.3, -0.25) is 4.98 Å². The van der Waals surface area contributed by atoms with Gasteiger partial charge < -0.3 is 5.32 Å². The van der Waals surface area contributed by atoms with Crippen LogP contribution in [0.4, 0.5) is 5.69 Å². The molecule has 0 amide bonds. The Morgan fingerprint density at radius 2 is 1.73 bits per heavy atom. The predicted octanol–water partition coefficient (Wildman–Crippen LogP) is 3.10. The van der Waals surface area contributed by atoms with Gasteiger partial charge in [0.25, 0.3) is 0 Å². The molecule has 0 atom stereocenters. The van der Waals surface area contributed by atoms with Crippen molar-refractivity contribution in [3.05, 3.63) is 48.2 Å². The molecule has 0 saturated heterocycles. The van der Waals surface area contributed by atoms with Crippen LogP contribution in [-0.4, -0.2) is 12.0 Å². The minimum absolute atomic E-state index is 1.02. The van der Waals surface area contributed by atoms with Crippen LogP contribution < -0.4 is 5.32 Å². The van der Waals surface area contributed by atoms with Crippen molar-refractivity contribution in [2.75, 3.05) is 12.4 Å². The lowest BCUT2D eigenvalue weighted by Gasteiger charge is -2.03. The fraction of sp³-hybridized carbons (Fsp3) is 0.154. The van der Waals surface area contributed by atoms with Crippen LogP contribution in [0.3, 0.4) is 0 Å². The van der Waals surface area contributed by atoms with E-state index in [0.29, 0.717) is 0 Å². The van der Waals surface area contributed by atoms with Crippen LogP contribution in [0, 0.1) is 6.92 Å². The molecular formula is C13H14N2. The van der Waals surface area contributed by atoms with Crippen molar-refractivity contribution in [1.82, 2.24) is 4.98 Å². The zero-order chi connectivity index (χ0) is 10.7. The van der Waals surface area contributed by atoms with Crippen molar-refractivity contribution >= 4 is 5.69 Å². The molecule has 0 saturated carbocycles. The Hall–Kier alpha value is -1.83. The third kappa shape index (κ3) is 2.15. The van der Waals surface area contributed by atoms with Gasteiger partial charge >= 0.3 is 0 Å². The van der Waals surface area contributed by atoms with Crippen molar-refractivity contribution in [2.45, 2.75) is 6.92 Å².